The lowest BCUT2D eigenvalue weighted by Crippen LogP contribution is -2.20. The SMILES string of the molecule is CCC/C=C/[C@H]1CCc2c(ccc3c2CC[C@H](c2ccc(OC(F)F)cc2)C3)C1. The van der Waals surface area contributed by atoms with Gasteiger partial charge in [0.1, 0.15) is 5.75 Å². The molecule has 0 fully saturated rings. The predicted octanol–water partition coefficient (Wildman–Crippen LogP) is 7.02. The van der Waals surface area contributed by atoms with Gasteiger partial charge in [0.2, 0.25) is 0 Å². The molecule has 1 nitrogen and oxygen atoms in total. The fraction of sp³-hybridized carbons (Fsp3) is 0.462. The van der Waals surface area contributed by atoms with Gasteiger partial charge in [0.25, 0.3) is 0 Å². The first kappa shape index (κ1) is 20.1. The van der Waals surface area contributed by atoms with Crippen LogP contribution in [-0.4, -0.2) is 6.61 Å². The highest BCUT2D eigenvalue weighted by molar-refractivity contribution is 5.46. The average molecular weight is 397 g/mol. The summed E-state index contributed by atoms with van der Waals surface area (Å²) in [6.07, 6.45) is 14.1. The van der Waals surface area contributed by atoms with E-state index in [1.165, 1.54) is 43.2 Å². The molecule has 154 valence electrons. The van der Waals surface area contributed by atoms with E-state index >= 15 is 0 Å². The summed E-state index contributed by atoms with van der Waals surface area (Å²) in [6, 6.07) is 11.9. The van der Waals surface area contributed by atoms with Gasteiger partial charge in [0, 0.05) is 0 Å². The van der Waals surface area contributed by atoms with E-state index in [-0.39, 0.29) is 5.75 Å². The number of unbranched alkanes of at least 4 members (excludes halogenated alkanes) is 1. The normalized spacial score (nSPS) is 21.2. The molecule has 29 heavy (non-hydrogen) atoms. The molecule has 2 aliphatic rings. The maximum atomic E-state index is 12.4. The minimum absolute atomic E-state index is 0.233. The molecule has 2 aromatic carbocycles. The minimum Gasteiger partial charge on any atom is -0.435 e. The van der Waals surface area contributed by atoms with Crippen LogP contribution >= 0.6 is 0 Å². The van der Waals surface area contributed by atoms with Crippen molar-refractivity contribution in [3.8, 4) is 5.75 Å². The Kier molecular flexibility index (Phi) is 6.32. The average Bonchev–Trinajstić information content (AvgIpc) is 2.73. The van der Waals surface area contributed by atoms with Crippen molar-refractivity contribution in [2.45, 2.75) is 70.8 Å². The molecule has 0 unspecified atom stereocenters. The molecule has 2 aromatic rings. The summed E-state index contributed by atoms with van der Waals surface area (Å²) in [4.78, 5) is 0. The summed E-state index contributed by atoms with van der Waals surface area (Å²) in [6.45, 7) is -0.540. The number of alkyl halides is 2. The molecule has 0 saturated heterocycles. The summed E-state index contributed by atoms with van der Waals surface area (Å²) in [5, 5.41) is 0. The van der Waals surface area contributed by atoms with Crippen LogP contribution in [0.4, 0.5) is 8.78 Å². The van der Waals surface area contributed by atoms with Gasteiger partial charge >= 0.3 is 6.61 Å². The Labute approximate surface area is 172 Å². The van der Waals surface area contributed by atoms with Crippen LogP contribution in [0.5, 0.6) is 5.75 Å². The van der Waals surface area contributed by atoms with Gasteiger partial charge in [-0.15, -0.1) is 0 Å². The van der Waals surface area contributed by atoms with Gasteiger partial charge in [-0.05, 0) is 96.7 Å². The van der Waals surface area contributed by atoms with E-state index in [1.807, 2.05) is 12.1 Å². The van der Waals surface area contributed by atoms with Crippen LogP contribution in [0.25, 0.3) is 0 Å². The molecule has 3 heteroatoms. The highest BCUT2D eigenvalue weighted by Gasteiger charge is 2.26. The Morgan fingerprint density at radius 1 is 0.966 bits per heavy atom. The van der Waals surface area contributed by atoms with Gasteiger partial charge in [-0.25, -0.2) is 0 Å². The highest BCUT2D eigenvalue weighted by Crippen LogP contribution is 2.38. The van der Waals surface area contributed by atoms with Gasteiger partial charge in [-0.3, -0.25) is 0 Å². The molecule has 0 heterocycles. The van der Waals surface area contributed by atoms with Gasteiger partial charge in [0.05, 0.1) is 0 Å². The topological polar surface area (TPSA) is 9.23 Å². The summed E-state index contributed by atoms with van der Waals surface area (Å²) >= 11 is 0. The number of halogens is 2. The molecule has 0 saturated carbocycles. The molecule has 0 spiro atoms. The number of hydrogen-bond donors (Lipinski definition) is 0. The maximum absolute atomic E-state index is 12.4. The van der Waals surface area contributed by atoms with E-state index < -0.39 is 6.61 Å². The molecule has 2 aliphatic carbocycles. The number of benzene rings is 2. The Hall–Kier alpha value is -2.16. The van der Waals surface area contributed by atoms with Crippen LogP contribution in [0, 0.1) is 5.92 Å². The zero-order valence-corrected chi connectivity index (χ0v) is 17.2. The Balaban J connectivity index is 1.46. The fourth-order valence-electron chi connectivity index (χ4n) is 5.02. The number of ether oxygens (including phenoxy) is 1. The standard InChI is InChI=1S/C26H30F2O/c1-2-3-4-5-18-6-14-24-21(16-18)7-8-22-17-20(11-15-25(22)24)19-9-12-23(13-10-19)29-26(27)28/h4-5,7-10,12-13,18,20,26H,2-3,6,11,14-17H2,1H3/b5-4+/t18-,20-/m0/s1. The van der Waals surface area contributed by atoms with Crippen molar-refractivity contribution in [2.75, 3.05) is 0 Å². The zero-order valence-electron chi connectivity index (χ0n) is 17.2. The second-order valence-corrected chi connectivity index (χ2v) is 8.45. The predicted molar refractivity (Wildman–Crippen MR) is 114 cm³/mol. The summed E-state index contributed by atoms with van der Waals surface area (Å²) in [7, 11) is 0. The van der Waals surface area contributed by atoms with Crippen LogP contribution < -0.4 is 4.74 Å². The van der Waals surface area contributed by atoms with E-state index in [2.05, 4.69) is 35.9 Å². The van der Waals surface area contributed by atoms with E-state index in [4.69, 9.17) is 0 Å². The molecular formula is C26H30F2O. The number of allylic oxidation sites excluding steroid dienone is 2. The third-order valence-corrected chi connectivity index (χ3v) is 6.52. The molecule has 0 aromatic heterocycles. The quantitative estimate of drug-likeness (QED) is 0.477. The molecule has 0 N–H and O–H groups in total. The fourth-order valence-corrected chi connectivity index (χ4v) is 5.02. The first-order valence-electron chi connectivity index (χ1n) is 11.0. The lowest BCUT2D eigenvalue weighted by Gasteiger charge is -2.31. The van der Waals surface area contributed by atoms with Crippen molar-refractivity contribution >= 4 is 0 Å². The lowest BCUT2D eigenvalue weighted by atomic mass is 9.74. The molecule has 4 rings (SSSR count). The molecule has 0 bridgehead atoms. The smallest absolute Gasteiger partial charge is 0.387 e. The first-order chi connectivity index (χ1) is 14.1. The van der Waals surface area contributed by atoms with Crippen molar-refractivity contribution in [3.05, 3.63) is 76.4 Å². The second kappa shape index (κ2) is 9.11. The highest BCUT2D eigenvalue weighted by atomic mass is 19.3. The first-order valence-corrected chi connectivity index (χ1v) is 11.0. The summed E-state index contributed by atoms with van der Waals surface area (Å²) in [5.74, 6) is 1.38. The Bertz CT molecular complexity index is 854. The van der Waals surface area contributed by atoms with Gasteiger partial charge in [-0.1, -0.05) is 49.8 Å². The zero-order chi connectivity index (χ0) is 20.2. The molecule has 0 radical (unpaired) electrons. The molecule has 0 aliphatic heterocycles. The minimum atomic E-state index is -2.77. The maximum Gasteiger partial charge on any atom is 0.387 e. The second-order valence-electron chi connectivity index (χ2n) is 8.45. The monoisotopic (exact) mass is 396 g/mol. The summed E-state index contributed by atoms with van der Waals surface area (Å²) in [5.41, 5.74) is 7.45. The van der Waals surface area contributed by atoms with E-state index in [0.29, 0.717) is 11.8 Å². The lowest BCUT2D eigenvalue weighted by molar-refractivity contribution is -0.0498. The van der Waals surface area contributed by atoms with E-state index in [1.54, 1.807) is 28.8 Å². The van der Waals surface area contributed by atoms with Gasteiger partial charge in [0.15, 0.2) is 0 Å². The molecule has 2 atom stereocenters. The Morgan fingerprint density at radius 3 is 2.34 bits per heavy atom. The number of hydrogen-bond acceptors (Lipinski definition) is 1. The van der Waals surface area contributed by atoms with Gasteiger partial charge < -0.3 is 4.74 Å². The van der Waals surface area contributed by atoms with Crippen LogP contribution in [0.2, 0.25) is 0 Å². The number of rotatable bonds is 6. The van der Waals surface area contributed by atoms with Crippen LogP contribution in [0.1, 0.15) is 66.3 Å². The van der Waals surface area contributed by atoms with Crippen LogP contribution in [0.3, 0.4) is 0 Å². The van der Waals surface area contributed by atoms with Crippen LogP contribution in [-0.2, 0) is 25.7 Å². The van der Waals surface area contributed by atoms with Crippen molar-refractivity contribution < 1.29 is 13.5 Å². The number of fused-ring (bicyclic) bond motifs is 3. The third kappa shape index (κ3) is 4.71. The van der Waals surface area contributed by atoms with Crippen molar-refractivity contribution in [2.24, 2.45) is 5.92 Å². The molecular weight excluding hydrogens is 366 g/mol. The van der Waals surface area contributed by atoms with Crippen molar-refractivity contribution in [1.82, 2.24) is 0 Å². The van der Waals surface area contributed by atoms with Crippen molar-refractivity contribution in [3.63, 3.8) is 0 Å². The largest absolute Gasteiger partial charge is 0.435 e. The van der Waals surface area contributed by atoms with Crippen LogP contribution in [0.15, 0.2) is 48.6 Å². The summed E-state index contributed by atoms with van der Waals surface area (Å²) < 4.78 is 29.2. The molecule has 0 amide bonds. The van der Waals surface area contributed by atoms with E-state index in [9.17, 15) is 8.78 Å². The third-order valence-electron chi connectivity index (χ3n) is 6.52. The Morgan fingerprint density at radius 2 is 1.66 bits per heavy atom. The van der Waals surface area contributed by atoms with Crippen molar-refractivity contribution in [1.29, 1.82) is 0 Å². The van der Waals surface area contributed by atoms with E-state index in [0.717, 1.165) is 19.3 Å². The van der Waals surface area contributed by atoms with Gasteiger partial charge in [-0.2, -0.15) is 8.78 Å².